The minimum atomic E-state index is -4.05. The van der Waals surface area contributed by atoms with Crippen LogP contribution in [0.15, 0.2) is 23.1 Å². The Morgan fingerprint density at radius 3 is 2.71 bits per heavy atom. The predicted octanol–water partition coefficient (Wildman–Crippen LogP) is 2.24. The van der Waals surface area contributed by atoms with Crippen molar-refractivity contribution in [3.05, 3.63) is 29.6 Å². The highest BCUT2D eigenvalue weighted by Crippen LogP contribution is 2.30. The van der Waals surface area contributed by atoms with E-state index in [1.807, 2.05) is 0 Å². The van der Waals surface area contributed by atoms with Gasteiger partial charge in [0.1, 0.15) is 10.7 Å². The molecule has 2 atom stereocenters. The number of aromatic carboxylic acids is 1. The summed E-state index contributed by atoms with van der Waals surface area (Å²) in [6.45, 7) is 2.32. The normalized spacial score (nSPS) is 22.4. The number of halogens is 1. The zero-order valence-corrected chi connectivity index (χ0v) is 12.5. The second-order valence-electron chi connectivity index (χ2n) is 5.47. The molecular weight excluding hydrogens is 297 g/mol. The lowest BCUT2D eigenvalue weighted by Crippen LogP contribution is -2.31. The molecule has 0 radical (unpaired) electrons. The Morgan fingerprint density at radius 1 is 1.43 bits per heavy atom. The van der Waals surface area contributed by atoms with E-state index in [0.29, 0.717) is 5.92 Å². The molecular formula is C14H18FNO4S. The largest absolute Gasteiger partial charge is 0.478 e. The van der Waals surface area contributed by atoms with Crippen LogP contribution in [0.5, 0.6) is 0 Å². The van der Waals surface area contributed by atoms with Gasteiger partial charge in [-0.05, 0) is 36.5 Å². The first-order valence-corrected chi connectivity index (χ1v) is 8.32. The van der Waals surface area contributed by atoms with Crippen molar-refractivity contribution < 1.29 is 22.7 Å². The summed E-state index contributed by atoms with van der Waals surface area (Å²) >= 11 is 0. The summed E-state index contributed by atoms with van der Waals surface area (Å²) in [6, 6.07) is 2.74. The molecule has 2 N–H and O–H groups in total. The van der Waals surface area contributed by atoms with Crippen LogP contribution in [0.1, 0.15) is 36.5 Å². The quantitative estimate of drug-likeness (QED) is 0.873. The van der Waals surface area contributed by atoms with Crippen LogP contribution in [0.4, 0.5) is 4.39 Å². The average molecular weight is 315 g/mol. The number of sulfonamides is 1. The van der Waals surface area contributed by atoms with Gasteiger partial charge in [-0.2, -0.15) is 0 Å². The molecule has 0 spiro atoms. The Kier molecular flexibility index (Phi) is 4.63. The minimum absolute atomic E-state index is 0.241. The Balaban J connectivity index is 2.19. The highest BCUT2D eigenvalue weighted by Gasteiger charge is 2.27. The topological polar surface area (TPSA) is 83.5 Å². The maximum Gasteiger partial charge on any atom is 0.335 e. The van der Waals surface area contributed by atoms with Crippen LogP contribution in [0.25, 0.3) is 0 Å². The van der Waals surface area contributed by atoms with Crippen LogP contribution >= 0.6 is 0 Å². The molecule has 0 heterocycles. The number of hydrogen-bond donors (Lipinski definition) is 2. The maximum atomic E-state index is 13.7. The van der Waals surface area contributed by atoms with Crippen molar-refractivity contribution in [1.29, 1.82) is 0 Å². The SMILES string of the molecule is CC1CCCC1CNS(=O)(=O)c1cc(C(=O)O)ccc1F. The molecule has 0 amide bonds. The van der Waals surface area contributed by atoms with Gasteiger partial charge in [-0.1, -0.05) is 19.8 Å². The van der Waals surface area contributed by atoms with Gasteiger partial charge in [0.15, 0.2) is 0 Å². The molecule has 1 aromatic carbocycles. The lowest BCUT2D eigenvalue weighted by molar-refractivity contribution is 0.0696. The first-order valence-electron chi connectivity index (χ1n) is 6.84. The highest BCUT2D eigenvalue weighted by atomic mass is 32.2. The molecule has 1 saturated carbocycles. The Morgan fingerprint density at radius 2 is 2.14 bits per heavy atom. The van der Waals surface area contributed by atoms with Gasteiger partial charge in [0.05, 0.1) is 5.56 Å². The fourth-order valence-electron chi connectivity index (χ4n) is 2.66. The maximum absolute atomic E-state index is 13.7. The van der Waals surface area contributed by atoms with E-state index in [1.54, 1.807) is 0 Å². The first kappa shape index (κ1) is 15.9. The molecule has 21 heavy (non-hydrogen) atoms. The monoisotopic (exact) mass is 315 g/mol. The standard InChI is InChI=1S/C14H18FNO4S/c1-9-3-2-4-11(9)8-16-21(19,20)13-7-10(14(17)18)5-6-12(13)15/h5-7,9,11,16H,2-4,8H2,1H3,(H,17,18). The van der Waals surface area contributed by atoms with Crippen LogP contribution < -0.4 is 4.72 Å². The molecule has 1 aliphatic rings. The zero-order valence-electron chi connectivity index (χ0n) is 11.7. The summed E-state index contributed by atoms with van der Waals surface area (Å²) in [5, 5.41) is 8.87. The van der Waals surface area contributed by atoms with Gasteiger partial charge in [0.2, 0.25) is 10.0 Å². The molecule has 0 bridgehead atoms. The molecule has 0 aliphatic heterocycles. The van der Waals surface area contributed by atoms with Crippen molar-refractivity contribution >= 4 is 16.0 Å². The third-order valence-corrected chi connectivity index (χ3v) is 5.48. The van der Waals surface area contributed by atoms with E-state index in [2.05, 4.69) is 11.6 Å². The van der Waals surface area contributed by atoms with E-state index in [1.165, 1.54) is 0 Å². The number of carboxylic acid groups (broad SMARTS) is 1. The first-order chi connectivity index (χ1) is 9.81. The summed E-state index contributed by atoms with van der Waals surface area (Å²) in [6.07, 6.45) is 3.08. The van der Waals surface area contributed by atoms with Gasteiger partial charge < -0.3 is 5.11 Å². The number of rotatable bonds is 5. The molecule has 2 unspecified atom stereocenters. The fraction of sp³-hybridized carbons (Fsp3) is 0.500. The summed E-state index contributed by atoms with van der Waals surface area (Å²) < 4.78 is 40.4. The molecule has 7 heteroatoms. The van der Waals surface area contributed by atoms with Crippen molar-refractivity contribution in [1.82, 2.24) is 4.72 Å². The van der Waals surface area contributed by atoms with E-state index in [-0.39, 0.29) is 18.0 Å². The lowest BCUT2D eigenvalue weighted by Gasteiger charge is -2.16. The number of benzene rings is 1. The van der Waals surface area contributed by atoms with Gasteiger partial charge in [-0.25, -0.2) is 22.3 Å². The van der Waals surface area contributed by atoms with Crippen molar-refractivity contribution in [3.8, 4) is 0 Å². The molecule has 2 rings (SSSR count). The number of carbonyl (C=O) groups is 1. The molecule has 1 fully saturated rings. The Labute approximate surface area is 123 Å². The van der Waals surface area contributed by atoms with E-state index in [9.17, 15) is 17.6 Å². The third-order valence-electron chi connectivity index (χ3n) is 4.04. The smallest absolute Gasteiger partial charge is 0.335 e. The number of hydrogen-bond acceptors (Lipinski definition) is 3. The highest BCUT2D eigenvalue weighted by molar-refractivity contribution is 7.89. The average Bonchev–Trinajstić information content (AvgIpc) is 2.82. The van der Waals surface area contributed by atoms with Crippen molar-refractivity contribution in [2.24, 2.45) is 11.8 Å². The predicted molar refractivity (Wildman–Crippen MR) is 75.1 cm³/mol. The van der Waals surface area contributed by atoms with E-state index in [4.69, 9.17) is 5.11 Å². The van der Waals surface area contributed by atoms with Gasteiger partial charge in [0.25, 0.3) is 0 Å². The van der Waals surface area contributed by atoms with Gasteiger partial charge in [-0.15, -0.1) is 0 Å². The fourth-order valence-corrected chi connectivity index (χ4v) is 3.86. The van der Waals surface area contributed by atoms with Gasteiger partial charge in [-0.3, -0.25) is 0 Å². The summed E-state index contributed by atoms with van der Waals surface area (Å²) in [5.74, 6) is -1.57. The molecule has 1 aromatic rings. The van der Waals surface area contributed by atoms with Crippen molar-refractivity contribution in [2.75, 3.05) is 6.54 Å². The van der Waals surface area contributed by atoms with E-state index in [0.717, 1.165) is 37.5 Å². The number of carboxylic acids is 1. The number of nitrogens with one attached hydrogen (secondary N) is 1. The molecule has 5 nitrogen and oxygen atoms in total. The Bertz CT molecular complexity index is 644. The van der Waals surface area contributed by atoms with Crippen LogP contribution in [-0.2, 0) is 10.0 Å². The molecule has 116 valence electrons. The van der Waals surface area contributed by atoms with Gasteiger partial charge >= 0.3 is 5.97 Å². The summed E-state index contributed by atoms with van der Waals surface area (Å²) in [7, 11) is -4.05. The van der Waals surface area contributed by atoms with Crippen LogP contribution in [0, 0.1) is 17.7 Å². The zero-order chi connectivity index (χ0) is 15.6. The van der Waals surface area contributed by atoms with Gasteiger partial charge in [0, 0.05) is 6.54 Å². The minimum Gasteiger partial charge on any atom is -0.478 e. The third kappa shape index (κ3) is 3.59. The van der Waals surface area contributed by atoms with Crippen molar-refractivity contribution in [3.63, 3.8) is 0 Å². The van der Waals surface area contributed by atoms with Crippen LogP contribution in [0.2, 0.25) is 0 Å². The Hall–Kier alpha value is -1.47. The molecule has 0 aromatic heterocycles. The van der Waals surface area contributed by atoms with Crippen LogP contribution in [-0.4, -0.2) is 26.0 Å². The summed E-state index contributed by atoms with van der Waals surface area (Å²) in [4.78, 5) is 10.2. The van der Waals surface area contributed by atoms with E-state index < -0.39 is 26.7 Å². The molecule has 1 aliphatic carbocycles. The van der Waals surface area contributed by atoms with Crippen LogP contribution in [0.3, 0.4) is 0 Å². The second-order valence-corrected chi connectivity index (χ2v) is 7.21. The summed E-state index contributed by atoms with van der Waals surface area (Å²) in [5.41, 5.74) is -0.258. The molecule has 0 saturated heterocycles. The van der Waals surface area contributed by atoms with E-state index >= 15 is 0 Å². The lowest BCUT2D eigenvalue weighted by atomic mass is 9.99. The van der Waals surface area contributed by atoms with Crippen molar-refractivity contribution in [2.45, 2.75) is 31.1 Å². The second kappa shape index (κ2) is 6.11.